The molecule has 0 fully saturated rings. The summed E-state index contributed by atoms with van der Waals surface area (Å²) >= 11 is 10.9. The van der Waals surface area contributed by atoms with Crippen LogP contribution in [-0.4, -0.2) is 10.2 Å². The van der Waals surface area contributed by atoms with Gasteiger partial charge in [0, 0.05) is 5.56 Å². The molecule has 0 spiro atoms. The van der Waals surface area contributed by atoms with Crippen LogP contribution in [-0.2, 0) is 0 Å². The van der Waals surface area contributed by atoms with E-state index in [4.69, 9.17) is 11.6 Å². The first-order valence-corrected chi connectivity index (χ1v) is 8.18. The maximum absolute atomic E-state index is 14.1. The zero-order valence-electron chi connectivity index (χ0n) is 10.6. The second-order valence-electron chi connectivity index (χ2n) is 4.32. The molecule has 1 heterocycles. The molecule has 2 aromatic carbocycles. The van der Waals surface area contributed by atoms with Gasteiger partial charge in [-0.3, -0.25) is 0 Å². The zero-order chi connectivity index (χ0) is 14.8. The zero-order valence-corrected chi connectivity index (χ0v) is 13.8. The number of benzene rings is 2. The monoisotopic (exact) mass is 382 g/mol. The molecule has 1 unspecified atom stereocenters. The summed E-state index contributed by atoms with van der Waals surface area (Å²) in [6, 6.07) is 14.7. The molecule has 2 nitrogen and oxygen atoms in total. The number of aromatic nitrogens is 2. The molecule has 0 aliphatic rings. The number of alkyl halides is 1. The Labute approximate surface area is 138 Å². The van der Waals surface area contributed by atoms with Gasteiger partial charge in [0.15, 0.2) is 5.01 Å². The van der Waals surface area contributed by atoms with Crippen molar-refractivity contribution in [2.45, 2.75) is 5.38 Å². The van der Waals surface area contributed by atoms with Gasteiger partial charge in [-0.25, -0.2) is 4.39 Å². The minimum absolute atomic E-state index is 0.342. The maximum atomic E-state index is 14.1. The van der Waals surface area contributed by atoms with Crippen LogP contribution in [0, 0.1) is 5.82 Å². The lowest BCUT2D eigenvalue weighted by Crippen LogP contribution is -1.91. The summed E-state index contributed by atoms with van der Waals surface area (Å²) in [6.07, 6.45) is 0. The largest absolute Gasteiger partial charge is 0.205 e. The molecule has 0 saturated carbocycles. The molecule has 0 aliphatic carbocycles. The van der Waals surface area contributed by atoms with Crippen LogP contribution in [0.2, 0.25) is 0 Å². The van der Waals surface area contributed by atoms with Gasteiger partial charge in [-0.05, 0) is 33.6 Å². The lowest BCUT2D eigenvalue weighted by molar-refractivity contribution is 0.624. The van der Waals surface area contributed by atoms with E-state index in [1.807, 2.05) is 30.3 Å². The average Bonchev–Trinajstić information content (AvgIpc) is 3.00. The van der Waals surface area contributed by atoms with E-state index in [-0.39, 0.29) is 11.2 Å². The van der Waals surface area contributed by atoms with Crippen LogP contribution < -0.4 is 0 Å². The predicted octanol–water partition coefficient (Wildman–Crippen LogP) is 5.43. The summed E-state index contributed by atoms with van der Waals surface area (Å²) in [5.41, 5.74) is 1.36. The third kappa shape index (κ3) is 3.00. The van der Waals surface area contributed by atoms with Crippen LogP contribution in [0.5, 0.6) is 0 Å². The highest BCUT2D eigenvalue weighted by Crippen LogP contribution is 2.35. The van der Waals surface area contributed by atoms with Gasteiger partial charge in [0.2, 0.25) is 0 Å². The van der Waals surface area contributed by atoms with Crippen molar-refractivity contribution in [3.05, 3.63) is 69.4 Å². The van der Waals surface area contributed by atoms with E-state index in [2.05, 4.69) is 26.1 Å². The first kappa shape index (κ1) is 14.6. The summed E-state index contributed by atoms with van der Waals surface area (Å²) in [5, 5.41) is 8.94. The SMILES string of the molecule is Fc1c(Br)cccc1-c1nnc(C(Cl)c2ccccc2)s1. The Bertz CT molecular complexity index is 763. The van der Waals surface area contributed by atoms with Crippen molar-refractivity contribution in [3.8, 4) is 10.6 Å². The van der Waals surface area contributed by atoms with Crippen molar-refractivity contribution < 1.29 is 4.39 Å². The highest BCUT2D eigenvalue weighted by atomic mass is 79.9. The number of rotatable bonds is 3. The second kappa shape index (κ2) is 6.22. The van der Waals surface area contributed by atoms with E-state index in [9.17, 15) is 4.39 Å². The van der Waals surface area contributed by atoms with Gasteiger partial charge < -0.3 is 0 Å². The van der Waals surface area contributed by atoms with Crippen molar-refractivity contribution in [2.75, 3.05) is 0 Å². The first-order chi connectivity index (χ1) is 10.2. The third-order valence-electron chi connectivity index (χ3n) is 2.93. The molecule has 6 heteroatoms. The fourth-order valence-corrected chi connectivity index (χ4v) is 3.44. The van der Waals surface area contributed by atoms with Crippen LogP contribution >= 0.6 is 38.9 Å². The van der Waals surface area contributed by atoms with Gasteiger partial charge in [0.25, 0.3) is 0 Å². The average molecular weight is 384 g/mol. The molecular weight excluding hydrogens is 375 g/mol. The summed E-state index contributed by atoms with van der Waals surface area (Å²) in [4.78, 5) is 0. The quantitative estimate of drug-likeness (QED) is 0.563. The van der Waals surface area contributed by atoms with Crippen molar-refractivity contribution in [1.29, 1.82) is 0 Å². The summed E-state index contributed by atoms with van der Waals surface area (Å²) in [7, 11) is 0. The fourth-order valence-electron chi connectivity index (χ4n) is 1.88. The topological polar surface area (TPSA) is 25.8 Å². The van der Waals surface area contributed by atoms with E-state index < -0.39 is 0 Å². The Morgan fingerprint density at radius 2 is 1.81 bits per heavy atom. The van der Waals surface area contributed by atoms with Gasteiger partial charge in [-0.1, -0.05) is 47.7 Å². The van der Waals surface area contributed by atoms with Crippen molar-refractivity contribution in [3.63, 3.8) is 0 Å². The molecule has 106 valence electrons. The Morgan fingerprint density at radius 1 is 1.05 bits per heavy atom. The molecule has 3 aromatic rings. The minimum atomic E-state index is -0.382. The standard InChI is InChI=1S/C15H9BrClFN2S/c16-11-8-4-7-10(13(11)18)14-19-20-15(21-14)12(17)9-5-2-1-3-6-9/h1-8,12H. The molecule has 1 atom stereocenters. The molecular formula is C15H9BrClFN2S. The van der Waals surface area contributed by atoms with Gasteiger partial charge in [0.1, 0.15) is 16.2 Å². The van der Waals surface area contributed by atoms with Crippen LogP contribution in [0.4, 0.5) is 4.39 Å². The van der Waals surface area contributed by atoms with Gasteiger partial charge in [-0.2, -0.15) is 0 Å². The van der Waals surface area contributed by atoms with Crippen LogP contribution in [0.3, 0.4) is 0 Å². The first-order valence-electron chi connectivity index (χ1n) is 6.13. The Morgan fingerprint density at radius 3 is 2.57 bits per heavy atom. The number of hydrogen-bond donors (Lipinski definition) is 0. The molecule has 0 bridgehead atoms. The molecule has 0 aliphatic heterocycles. The lowest BCUT2D eigenvalue weighted by Gasteiger charge is -2.04. The Hall–Kier alpha value is -1.30. The summed E-state index contributed by atoms with van der Waals surface area (Å²) in [5.74, 6) is -0.342. The maximum Gasteiger partial charge on any atom is 0.150 e. The van der Waals surface area contributed by atoms with Crippen LogP contribution in [0.1, 0.15) is 15.9 Å². The van der Waals surface area contributed by atoms with E-state index >= 15 is 0 Å². The van der Waals surface area contributed by atoms with Crippen molar-refractivity contribution in [2.24, 2.45) is 0 Å². The predicted molar refractivity (Wildman–Crippen MR) is 87.1 cm³/mol. The molecule has 0 amide bonds. The van der Waals surface area contributed by atoms with Crippen LogP contribution in [0.15, 0.2) is 53.0 Å². The molecule has 0 saturated heterocycles. The summed E-state index contributed by atoms with van der Waals surface area (Å²) in [6.45, 7) is 0. The molecule has 1 aromatic heterocycles. The smallest absolute Gasteiger partial charge is 0.150 e. The lowest BCUT2D eigenvalue weighted by atomic mass is 10.1. The van der Waals surface area contributed by atoms with Gasteiger partial charge >= 0.3 is 0 Å². The number of nitrogens with zero attached hydrogens (tertiary/aromatic N) is 2. The third-order valence-corrected chi connectivity index (χ3v) is 5.15. The fraction of sp³-hybridized carbons (Fsp3) is 0.0667. The van der Waals surface area contributed by atoms with Crippen LogP contribution in [0.25, 0.3) is 10.6 Å². The van der Waals surface area contributed by atoms with E-state index in [0.717, 1.165) is 5.56 Å². The Balaban J connectivity index is 1.95. The van der Waals surface area contributed by atoms with Crippen molar-refractivity contribution in [1.82, 2.24) is 10.2 Å². The number of hydrogen-bond acceptors (Lipinski definition) is 3. The van der Waals surface area contributed by atoms with Gasteiger partial charge in [0.05, 0.1) is 4.47 Å². The molecule has 21 heavy (non-hydrogen) atoms. The number of halogens is 3. The molecule has 3 rings (SSSR count). The highest BCUT2D eigenvalue weighted by Gasteiger charge is 2.18. The molecule has 0 N–H and O–H groups in total. The van der Waals surface area contributed by atoms with Crippen molar-refractivity contribution >= 4 is 38.9 Å². The second-order valence-corrected chi connectivity index (χ2v) is 6.62. The minimum Gasteiger partial charge on any atom is -0.205 e. The summed E-state index contributed by atoms with van der Waals surface area (Å²) < 4.78 is 14.5. The van der Waals surface area contributed by atoms with E-state index in [1.54, 1.807) is 18.2 Å². The van der Waals surface area contributed by atoms with E-state index in [1.165, 1.54) is 11.3 Å². The molecule has 0 radical (unpaired) electrons. The normalized spacial score (nSPS) is 12.3. The highest BCUT2D eigenvalue weighted by molar-refractivity contribution is 9.10. The van der Waals surface area contributed by atoms with Gasteiger partial charge in [-0.15, -0.1) is 21.8 Å². The van der Waals surface area contributed by atoms with E-state index in [0.29, 0.717) is 20.1 Å². The Kier molecular flexibility index (Phi) is 4.33.